The number of rotatable bonds is 4. The lowest BCUT2D eigenvalue weighted by Crippen LogP contribution is -2.24. The van der Waals surface area contributed by atoms with Crippen LogP contribution in [0.1, 0.15) is 15.4 Å². The van der Waals surface area contributed by atoms with Gasteiger partial charge in [0.15, 0.2) is 0 Å². The van der Waals surface area contributed by atoms with Crippen molar-refractivity contribution in [1.29, 1.82) is 0 Å². The van der Waals surface area contributed by atoms with Gasteiger partial charge in [0.2, 0.25) is 0 Å². The maximum absolute atomic E-state index is 11.7. The number of thiazole rings is 1. The Morgan fingerprint density at radius 2 is 2.29 bits per heavy atom. The van der Waals surface area contributed by atoms with Gasteiger partial charge in [0, 0.05) is 23.1 Å². The fourth-order valence-electron chi connectivity index (χ4n) is 1.34. The largest absolute Gasteiger partial charge is 0.351 e. The molecular weight excluding hydrogens is 272 g/mol. The number of aromatic nitrogens is 1. The van der Waals surface area contributed by atoms with E-state index in [1.807, 2.05) is 23.8 Å². The maximum atomic E-state index is 11.7. The van der Waals surface area contributed by atoms with E-state index in [0.717, 1.165) is 15.6 Å². The van der Waals surface area contributed by atoms with Crippen molar-refractivity contribution in [3.05, 3.63) is 27.4 Å². The van der Waals surface area contributed by atoms with Gasteiger partial charge in [0.05, 0.1) is 21.1 Å². The molecule has 6 heteroatoms. The van der Waals surface area contributed by atoms with E-state index in [-0.39, 0.29) is 5.91 Å². The summed E-state index contributed by atoms with van der Waals surface area (Å²) in [5.74, 6) is 0.599. The molecule has 1 N–H and O–H groups in total. The molecule has 17 heavy (non-hydrogen) atoms. The summed E-state index contributed by atoms with van der Waals surface area (Å²) in [5.41, 5.74) is 1.64. The Morgan fingerprint density at radius 3 is 2.94 bits per heavy atom. The normalized spacial score (nSPS) is 10.5. The molecule has 0 aliphatic carbocycles. The first kappa shape index (κ1) is 12.6. The van der Waals surface area contributed by atoms with E-state index in [4.69, 9.17) is 0 Å². The van der Waals surface area contributed by atoms with E-state index >= 15 is 0 Å². The molecule has 2 aromatic rings. The Morgan fingerprint density at radius 1 is 1.47 bits per heavy atom. The van der Waals surface area contributed by atoms with Crippen LogP contribution in [-0.2, 0) is 0 Å². The number of hydrogen-bond donors (Lipinski definition) is 2. The van der Waals surface area contributed by atoms with Crippen LogP contribution in [0, 0.1) is 6.92 Å². The highest BCUT2D eigenvalue weighted by atomic mass is 32.1. The molecule has 0 saturated carbocycles. The molecule has 0 radical (unpaired) electrons. The zero-order valence-electron chi connectivity index (χ0n) is 9.27. The number of thiol groups is 1. The van der Waals surface area contributed by atoms with E-state index < -0.39 is 0 Å². The molecule has 2 rings (SSSR count). The number of nitrogens with zero attached hydrogens (tertiary/aromatic N) is 1. The standard InChI is InChI=1S/C11H12N2OS3/c1-7-13-9(6-16-7)10-4-8(5-17-10)11(14)12-2-3-15/h4-6,15H,2-3H2,1H3,(H,12,14). The fourth-order valence-corrected chi connectivity index (χ4v) is 2.99. The van der Waals surface area contributed by atoms with Crippen molar-refractivity contribution in [2.45, 2.75) is 6.92 Å². The highest BCUT2D eigenvalue weighted by molar-refractivity contribution is 7.80. The molecule has 3 nitrogen and oxygen atoms in total. The summed E-state index contributed by atoms with van der Waals surface area (Å²) in [6.45, 7) is 2.56. The minimum Gasteiger partial charge on any atom is -0.351 e. The first-order valence-electron chi connectivity index (χ1n) is 5.11. The van der Waals surface area contributed by atoms with E-state index in [1.54, 1.807) is 22.7 Å². The molecule has 2 aromatic heterocycles. The molecule has 0 unspecified atom stereocenters. The first-order chi connectivity index (χ1) is 8.20. The van der Waals surface area contributed by atoms with Gasteiger partial charge in [-0.25, -0.2) is 4.98 Å². The average Bonchev–Trinajstić information content (AvgIpc) is 2.93. The van der Waals surface area contributed by atoms with Gasteiger partial charge in [-0.1, -0.05) is 0 Å². The van der Waals surface area contributed by atoms with E-state index in [9.17, 15) is 4.79 Å². The summed E-state index contributed by atoms with van der Waals surface area (Å²) in [6.07, 6.45) is 0. The molecule has 0 aliphatic rings. The highest BCUT2D eigenvalue weighted by Crippen LogP contribution is 2.28. The van der Waals surface area contributed by atoms with E-state index in [2.05, 4.69) is 22.9 Å². The van der Waals surface area contributed by atoms with Crippen LogP contribution in [0.2, 0.25) is 0 Å². The Balaban J connectivity index is 2.13. The lowest BCUT2D eigenvalue weighted by atomic mass is 10.2. The molecule has 0 aliphatic heterocycles. The fraction of sp³-hybridized carbons (Fsp3) is 0.273. The van der Waals surface area contributed by atoms with Gasteiger partial charge in [-0.05, 0) is 13.0 Å². The third-order valence-electron chi connectivity index (χ3n) is 2.13. The van der Waals surface area contributed by atoms with Crippen molar-refractivity contribution < 1.29 is 4.79 Å². The van der Waals surface area contributed by atoms with Gasteiger partial charge in [0.25, 0.3) is 5.91 Å². The predicted molar refractivity (Wildman–Crippen MR) is 76.4 cm³/mol. The minimum atomic E-state index is -0.0477. The van der Waals surface area contributed by atoms with Gasteiger partial charge in [-0.3, -0.25) is 4.79 Å². The lowest BCUT2D eigenvalue weighted by Gasteiger charge is -1.99. The SMILES string of the molecule is Cc1nc(-c2cc(C(=O)NCCS)cs2)cs1. The second kappa shape index (κ2) is 5.66. The highest BCUT2D eigenvalue weighted by Gasteiger charge is 2.10. The van der Waals surface area contributed by atoms with Gasteiger partial charge < -0.3 is 5.32 Å². The zero-order chi connectivity index (χ0) is 12.3. The Kier molecular flexibility index (Phi) is 4.20. The van der Waals surface area contributed by atoms with Gasteiger partial charge in [-0.2, -0.15) is 12.6 Å². The molecule has 90 valence electrons. The van der Waals surface area contributed by atoms with Crippen LogP contribution in [-0.4, -0.2) is 23.2 Å². The number of amides is 1. The molecule has 0 atom stereocenters. The topological polar surface area (TPSA) is 42.0 Å². The van der Waals surface area contributed by atoms with Crippen molar-refractivity contribution in [2.75, 3.05) is 12.3 Å². The van der Waals surface area contributed by atoms with Gasteiger partial charge in [0.1, 0.15) is 0 Å². The van der Waals surface area contributed by atoms with Crippen LogP contribution in [0.3, 0.4) is 0 Å². The monoisotopic (exact) mass is 284 g/mol. The number of carbonyl (C=O) groups is 1. The average molecular weight is 284 g/mol. The van der Waals surface area contributed by atoms with Crippen LogP contribution in [0.4, 0.5) is 0 Å². The third-order valence-corrected chi connectivity index (χ3v) is 4.08. The summed E-state index contributed by atoms with van der Waals surface area (Å²) in [6, 6.07) is 1.88. The summed E-state index contributed by atoms with van der Waals surface area (Å²) < 4.78 is 0. The second-order valence-electron chi connectivity index (χ2n) is 3.43. The van der Waals surface area contributed by atoms with Crippen LogP contribution >= 0.6 is 35.3 Å². The third kappa shape index (κ3) is 3.08. The molecule has 1 amide bonds. The Hall–Kier alpha value is -0.850. The van der Waals surface area contributed by atoms with Crippen LogP contribution in [0.15, 0.2) is 16.8 Å². The number of hydrogen-bond acceptors (Lipinski definition) is 5. The molecule has 2 heterocycles. The maximum Gasteiger partial charge on any atom is 0.252 e. The molecule has 0 bridgehead atoms. The smallest absolute Gasteiger partial charge is 0.252 e. The number of carbonyl (C=O) groups excluding carboxylic acids is 1. The molecular formula is C11H12N2OS3. The van der Waals surface area contributed by atoms with Crippen LogP contribution < -0.4 is 5.32 Å². The second-order valence-corrected chi connectivity index (χ2v) is 5.85. The number of aryl methyl sites for hydroxylation is 1. The Bertz CT molecular complexity index is 518. The Labute approximate surface area is 113 Å². The molecule has 0 spiro atoms. The lowest BCUT2D eigenvalue weighted by molar-refractivity contribution is 0.0956. The van der Waals surface area contributed by atoms with Crippen molar-refractivity contribution in [3.63, 3.8) is 0 Å². The molecule has 0 fully saturated rings. The summed E-state index contributed by atoms with van der Waals surface area (Å²) in [5, 5.41) is 7.70. The van der Waals surface area contributed by atoms with Crippen LogP contribution in [0.25, 0.3) is 10.6 Å². The summed E-state index contributed by atoms with van der Waals surface area (Å²) in [4.78, 5) is 17.1. The van der Waals surface area contributed by atoms with Gasteiger partial charge in [-0.15, -0.1) is 22.7 Å². The number of thiophene rings is 1. The van der Waals surface area contributed by atoms with E-state index in [0.29, 0.717) is 17.9 Å². The van der Waals surface area contributed by atoms with Crippen LogP contribution in [0.5, 0.6) is 0 Å². The molecule has 0 aromatic carbocycles. The predicted octanol–water partition coefficient (Wildman–Crippen LogP) is 2.84. The quantitative estimate of drug-likeness (QED) is 0.848. The van der Waals surface area contributed by atoms with E-state index in [1.165, 1.54) is 0 Å². The van der Waals surface area contributed by atoms with Crippen molar-refractivity contribution in [2.24, 2.45) is 0 Å². The minimum absolute atomic E-state index is 0.0477. The summed E-state index contributed by atoms with van der Waals surface area (Å²) >= 11 is 7.21. The number of nitrogens with one attached hydrogen (secondary N) is 1. The zero-order valence-corrected chi connectivity index (χ0v) is 11.8. The molecule has 0 saturated heterocycles. The van der Waals surface area contributed by atoms with Crippen molar-refractivity contribution in [3.8, 4) is 10.6 Å². The summed E-state index contributed by atoms with van der Waals surface area (Å²) in [7, 11) is 0. The van der Waals surface area contributed by atoms with Crippen molar-refractivity contribution >= 4 is 41.2 Å². The first-order valence-corrected chi connectivity index (χ1v) is 7.50. The van der Waals surface area contributed by atoms with Crippen molar-refractivity contribution in [1.82, 2.24) is 10.3 Å². The van der Waals surface area contributed by atoms with Gasteiger partial charge >= 0.3 is 0 Å².